The van der Waals surface area contributed by atoms with Crippen LogP contribution in [0.4, 0.5) is 0 Å². The first-order chi connectivity index (χ1) is 6.24. The van der Waals surface area contributed by atoms with Crippen molar-refractivity contribution in [1.82, 2.24) is 0 Å². The van der Waals surface area contributed by atoms with Crippen LogP contribution < -0.4 is 18.4 Å². The molecule has 0 N–H and O–H groups in total. The predicted octanol–water partition coefficient (Wildman–Crippen LogP) is 0.506. The van der Waals surface area contributed by atoms with Crippen molar-refractivity contribution in [3.05, 3.63) is 12.1 Å². The molecule has 66 valence electrons. The predicted molar refractivity (Wildman–Crippen MR) is 51.5 cm³/mol. The first-order valence-electron chi connectivity index (χ1n) is 4.00. The van der Waals surface area contributed by atoms with E-state index in [1.165, 1.54) is 0 Å². The molecular weight excluding hydrogens is 163 g/mol. The maximum atomic E-state index is 5.20. The zero-order chi connectivity index (χ0) is 9.84. The molecule has 0 aliphatic heterocycles. The molecule has 0 bridgehead atoms. The van der Waals surface area contributed by atoms with Crippen molar-refractivity contribution in [3.63, 3.8) is 0 Å². The summed E-state index contributed by atoms with van der Waals surface area (Å²) in [4.78, 5) is 0. The molecule has 4 heteroatoms. The Morgan fingerprint density at radius 1 is 0.923 bits per heavy atom. The molecule has 0 aliphatic carbocycles. The van der Waals surface area contributed by atoms with Gasteiger partial charge in [0.05, 0.1) is 0 Å². The van der Waals surface area contributed by atoms with Gasteiger partial charge in [-0.3, -0.25) is 0 Å². The third kappa shape index (κ3) is 1.93. The Bertz CT molecular complexity index is 299. The zero-order valence-corrected chi connectivity index (χ0v) is 8.38. The third-order valence-corrected chi connectivity index (χ3v) is 1.90. The minimum absolute atomic E-state index is 0.644. The van der Waals surface area contributed by atoms with Gasteiger partial charge in [0.25, 0.3) is 0 Å². The molecule has 0 fully saturated rings. The monoisotopic (exact) mass is 174 g/mol. The average molecular weight is 174 g/mol. The molecule has 3 nitrogen and oxygen atoms in total. The SMILES string of the molecule is [Li][c]1ccc(OC)c(OC)c1OC. The van der Waals surface area contributed by atoms with E-state index in [0.717, 1.165) is 9.99 Å². The Morgan fingerprint density at radius 2 is 1.54 bits per heavy atom. The van der Waals surface area contributed by atoms with E-state index in [1.54, 1.807) is 21.3 Å². The molecular formula is C9H11LiO3. The van der Waals surface area contributed by atoms with Gasteiger partial charge < -0.3 is 0 Å². The van der Waals surface area contributed by atoms with Crippen LogP contribution in [0.1, 0.15) is 0 Å². The van der Waals surface area contributed by atoms with Crippen LogP contribution in [0.2, 0.25) is 0 Å². The van der Waals surface area contributed by atoms with E-state index >= 15 is 0 Å². The quantitative estimate of drug-likeness (QED) is 0.625. The summed E-state index contributed by atoms with van der Waals surface area (Å²) >= 11 is 1.96. The number of hydrogen-bond acceptors (Lipinski definition) is 3. The molecule has 0 aliphatic rings. The first-order valence-corrected chi connectivity index (χ1v) is 4.00. The van der Waals surface area contributed by atoms with Crippen molar-refractivity contribution < 1.29 is 14.2 Å². The molecule has 0 spiro atoms. The van der Waals surface area contributed by atoms with E-state index in [4.69, 9.17) is 14.2 Å². The van der Waals surface area contributed by atoms with E-state index in [2.05, 4.69) is 0 Å². The number of hydrogen-bond donors (Lipinski definition) is 0. The fourth-order valence-corrected chi connectivity index (χ4v) is 1.25. The van der Waals surface area contributed by atoms with Gasteiger partial charge >= 0.3 is 86.9 Å². The number of benzene rings is 1. The van der Waals surface area contributed by atoms with Crippen LogP contribution in [0.5, 0.6) is 17.2 Å². The molecule has 1 aromatic rings. The van der Waals surface area contributed by atoms with Gasteiger partial charge in [-0.25, -0.2) is 0 Å². The second-order valence-corrected chi connectivity index (χ2v) is 2.65. The maximum absolute atomic E-state index is 5.20. The van der Waals surface area contributed by atoms with Crippen LogP contribution in [-0.2, 0) is 0 Å². The van der Waals surface area contributed by atoms with Crippen LogP contribution in [-0.4, -0.2) is 39.0 Å². The van der Waals surface area contributed by atoms with Crippen LogP contribution >= 0.6 is 0 Å². The fraction of sp³-hybridized carbons (Fsp3) is 0.333. The average Bonchev–Trinajstić information content (AvgIpc) is 2.17. The van der Waals surface area contributed by atoms with Crippen molar-refractivity contribution in [2.45, 2.75) is 0 Å². The van der Waals surface area contributed by atoms with Gasteiger partial charge in [-0.1, -0.05) is 0 Å². The molecule has 0 unspecified atom stereocenters. The Kier molecular flexibility index (Phi) is 3.53. The summed E-state index contributed by atoms with van der Waals surface area (Å²) in [7, 11) is 4.82. The van der Waals surface area contributed by atoms with Crippen molar-refractivity contribution in [3.8, 4) is 17.2 Å². The van der Waals surface area contributed by atoms with Gasteiger partial charge in [0, 0.05) is 0 Å². The van der Waals surface area contributed by atoms with E-state index in [1.807, 2.05) is 29.8 Å². The standard InChI is InChI=1S/C9H11O3.Li/c1-10-7-5-4-6-8(11-2)9(7)12-3;/h4-5H,1-3H3;. The Balaban J connectivity index is 3.27. The van der Waals surface area contributed by atoms with Gasteiger partial charge in [-0.2, -0.15) is 0 Å². The molecule has 0 aromatic heterocycles. The van der Waals surface area contributed by atoms with Crippen LogP contribution in [0.3, 0.4) is 0 Å². The number of methoxy groups -OCH3 is 3. The van der Waals surface area contributed by atoms with Gasteiger partial charge in [-0.05, 0) is 0 Å². The second kappa shape index (κ2) is 4.45. The topological polar surface area (TPSA) is 27.7 Å². The van der Waals surface area contributed by atoms with Crippen molar-refractivity contribution in [2.75, 3.05) is 21.3 Å². The third-order valence-electron chi connectivity index (χ3n) is 1.90. The van der Waals surface area contributed by atoms with Gasteiger partial charge in [0.2, 0.25) is 0 Å². The second-order valence-electron chi connectivity index (χ2n) is 2.65. The van der Waals surface area contributed by atoms with E-state index in [9.17, 15) is 0 Å². The number of rotatable bonds is 3. The molecule has 0 atom stereocenters. The molecule has 0 amide bonds. The van der Waals surface area contributed by atoms with E-state index < -0.39 is 0 Å². The van der Waals surface area contributed by atoms with E-state index in [0.29, 0.717) is 11.5 Å². The summed E-state index contributed by atoms with van der Waals surface area (Å²) in [6.07, 6.45) is 0. The fourth-order valence-electron chi connectivity index (χ4n) is 1.25. The molecule has 13 heavy (non-hydrogen) atoms. The summed E-state index contributed by atoms with van der Waals surface area (Å²) < 4.78 is 16.6. The molecule has 1 aromatic carbocycles. The van der Waals surface area contributed by atoms with Gasteiger partial charge in [-0.15, -0.1) is 0 Å². The minimum atomic E-state index is 0.644. The zero-order valence-electron chi connectivity index (χ0n) is 8.38. The summed E-state index contributed by atoms with van der Waals surface area (Å²) in [5.74, 6) is 2.05. The van der Waals surface area contributed by atoms with Crippen LogP contribution in [0, 0.1) is 0 Å². The van der Waals surface area contributed by atoms with Crippen molar-refractivity contribution in [2.24, 2.45) is 0 Å². The molecule has 0 heterocycles. The normalized spacial score (nSPS) is 9.62. The van der Waals surface area contributed by atoms with Crippen molar-refractivity contribution >= 4 is 22.0 Å². The summed E-state index contributed by atoms with van der Waals surface area (Å²) in [5, 5.41) is 0. The summed E-state index contributed by atoms with van der Waals surface area (Å²) in [6, 6.07) is 3.79. The number of ether oxygens (including phenoxy) is 3. The Labute approximate surface area is 87.2 Å². The van der Waals surface area contributed by atoms with Crippen LogP contribution in [0.15, 0.2) is 12.1 Å². The first kappa shape index (κ1) is 10.3. The van der Waals surface area contributed by atoms with Crippen LogP contribution in [0.25, 0.3) is 0 Å². The molecule has 0 saturated carbocycles. The van der Waals surface area contributed by atoms with E-state index in [-0.39, 0.29) is 0 Å². The Morgan fingerprint density at radius 3 is 2.00 bits per heavy atom. The molecule has 0 radical (unpaired) electrons. The van der Waals surface area contributed by atoms with Crippen molar-refractivity contribution in [1.29, 1.82) is 0 Å². The molecule has 0 saturated heterocycles. The summed E-state index contributed by atoms with van der Waals surface area (Å²) in [5.41, 5.74) is 0. The summed E-state index contributed by atoms with van der Waals surface area (Å²) in [6.45, 7) is 0. The molecule has 1 rings (SSSR count). The van der Waals surface area contributed by atoms with Gasteiger partial charge in [0.15, 0.2) is 0 Å². The Hall–Kier alpha value is -0.783. The van der Waals surface area contributed by atoms with Gasteiger partial charge in [0.1, 0.15) is 0 Å².